The van der Waals surface area contributed by atoms with Crippen LogP contribution < -0.4 is 5.14 Å². The number of nitrogens with zero attached hydrogens (tertiary/aromatic N) is 2. The molecule has 1 aliphatic rings. The van der Waals surface area contributed by atoms with E-state index in [0.717, 1.165) is 9.35 Å². The molecule has 10 heteroatoms. The van der Waals surface area contributed by atoms with Crippen LogP contribution in [0.1, 0.15) is 10.4 Å². The Hall–Kier alpha value is -1.33. The number of sulfonamides is 1. The molecule has 0 aliphatic carbocycles. The molecule has 1 amide bonds. The number of aromatic nitrogens is 1. The zero-order valence-corrected chi connectivity index (χ0v) is 17.3. The number of amides is 1. The summed E-state index contributed by atoms with van der Waals surface area (Å²) in [4.78, 5) is 19.4. The maximum Gasteiger partial charge on any atom is 0.238 e. The second-order valence-electron chi connectivity index (χ2n) is 5.89. The average Bonchev–Trinajstić information content (AvgIpc) is 3.02. The van der Waals surface area contributed by atoms with Crippen LogP contribution in [-0.2, 0) is 26.0 Å². The molecular formula is C16H18BrN3O4S2. The monoisotopic (exact) mass is 459 g/mol. The third kappa shape index (κ3) is 4.15. The zero-order chi connectivity index (χ0) is 18.9. The van der Waals surface area contributed by atoms with Gasteiger partial charge in [0.2, 0.25) is 15.9 Å². The molecule has 140 valence electrons. The van der Waals surface area contributed by atoms with Crippen LogP contribution in [0.2, 0.25) is 0 Å². The second kappa shape index (κ2) is 7.73. The van der Waals surface area contributed by atoms with Crippen LogP contribution in [0.3, 0.4) is 0 Å². The number of hydrogen-bond acceptors (Lipinski definition) is 6. The number of hydrogen-bond donors (Lipinski definition) is 1. The van der Waals surface area contributed by atoms with Gasteiger partial charge in [-0.1, -0.05) is 15.9 Å². The minimum absolute atomic E-state index is 0.0394. The van der Waals surface area contributed by atoms with Crippen LogP contribution >= 0.6 is 27.3 Å². The number of carbonyl (C=O) groups is 1. The van der Waals surface area contributed by atoms with E-state index in [-0.39, 0.29) is 17.2 Å². The zero-order valence-electron chi connectivity index (χ0n) is 14.1. The lowest BCUT2D eigenvalue weighted by molar-refractivity contribution is -0.134. The van der Waals surface area contributed by atoms with Gasteiger partial charge in [0.25, 0.3) is 0 Å². The molecule has 0 radical (unpaired) electrons. The van der Waals surface area contributed by atoms with Gasteiger partial charge in [0, 0.05) is 34.2 Å². The first-order valence-electron chi connectivity index (χ1n) is 7.90. The van der Waals surface area contributed by atoms with Crippen molar-refractivity contribution in [3.05, 3.63) is 33.2 Å². The number of ether oxygens (including phenoxy) is 1. The van der Waals surface area contributed by atoms with Gasteiger partial charge in [-0.05, 0) is 24.6 Å². The van der Waals surface area contributed by atoms with Gasteiger partial charge in [-0.15, -0.1) is 11.3 Å². The predicted octanol–water partition coefficient (Wildman–Crippen LogP) is 1.93. The van der Waals surface area contributed by atoms with Crippen molar-refractivity contribution in [2.75, 3.05) is 26.3 Å². The summed E-state index contributed by atoms with van der Waals surface area (Å²) in [6.45, 7) is 4.02. The molecule has 3 rings (SSSR count). The lowest BCUT2D eigenvalue weighted by atomic mass is 10.1. The lowest BCUT2D eigenvalue weighted by Crippen LogP contribution is -2.41. The topological polar surface area (TPSA) is 103 Å². The highest BCUT2D eigenvalue weighted by Crippen LogP contribution is 2.37. The second-order valence-corrected chi connectivity index (χ2v) is 9.39. The van der Waals surface area contributed by atoms with Crippen LogP contribution in [0.25, 0.3) is 10.6 Å². The number of carbonyl (C=O) groups excluding carboxylic acids is 1. The Morgan fingerprint density at radius 2 is 2.08 bits per heavy atom. The van der Waals surface area contributed by atoms with Gasteiger partial charge in [-0.25, -0.2) is 18.5 Å². The Balaban J connectivity index is 1.87. The lowest BCUT2D eigenvalue weighted by Gasteiger charge is -2.26. The van der Waals surface area contributed by atoms with E-state index >= 15 is 0 Å². The molecule has 0 bridgehead atoms. The van der Waals surface area contributed by atoms with Crippen LogP contribution in [0.5, 0.6) is 0 Å². The van der Waals surface area contributed by atoms with Gasteiger partial charge in [0.1, 0.15) is 5.01 Å². The molecule has 0 atom stereocenters. The number of primary sulfonamides is 1. The highest BCUT2D eigenvalue weighted by Gasteiger charge is 2.21. The van der Waals surface area contributed by atoms with E-state index in [9.17, 15) is 13.2 Å². The van der Waals surface area contributed by atoms with Gasteiger partial charge >= 0.3 is 0 Å². The number of rotatable bonds is 4. The first-order chi connectivity index (χ1) is 12.3. The van der Waals surface area contributed by atoms with Crippen molar-refractivity contribution in [1.29, 1.82) is 0 Å². The van der Waals surface area contributed by atoms with Gasteiger partial charge in [-0.3, -0.25) is 4.79 Å². The van der Waals surface area contributed by atoms with Gasteiger partial charge < -0.3 is 9.64 Å². The molecule has 1 aromatic carbocycles. The molecular weight excluding hydrogens is 442 g/mol. The maximum absolute atomic E-state index is 12.4. The van der Waals surface area contributed by atoms with E-state index in [4.69, 9.17) is 9.88 Å². The molecule has 1 fully saturated rings. The summed E-state index contributed by atoms with van der Waals surface area (Å²) in [6, 6.07) is 3.11. The standard InChI is InChI=1S/C16H18BrN3O4S2/c1-10-13(26(18,22)23)3-2-12(17)15(10)16-19-9-11(25-16)8-14(21)20-4-6-24-7-5-20/h2-3,9H,4-8H2,1H3,(H2,18,22,23). The Bertz CT molecular complexity index is 937. The number of thiazole rings is 1. The minimum atomic E-state index is -3.82. The van der Waals surface area contributed by atoms with Crippen molar-refractivity contribution < 1.29 is 17.9 Å². The molecule has 1 aliphatic heterocycles. The fourth-order valence-electron chi connectivity index (χ4n) is 2.81. The summed E-state index contributed by atoms with van der Waals surface area (Å²) in [5.74, 6) is 0.0394. The number of morpholine rings is 1. The Morgan fingerprint density at radius 1 is 1.38 bits per heavy atom. The third-order valence-corrected chi connectivity index (χ3v) is 6.86. The van der Waals surface area contributed by atoms with Crippen LogP contribution in [0.15, 0.2) is 27.7 Å². The van der Waals surface area contributed by atoms with Crippen molar-refractivity contribution in [1.82, 2.24) is 9.88 Å². The molecule has 1 saturated heterocycles. The van der Waals surface area contributed by atoms with Gasteiger partial charge in [0.15, 0.2) is 0 Å². The summed E-state index contributed by atoms with van der Waals surface area (Å²) in [5.41, 5.74) is 1.20. The molecule has 2 N–H and O–H groups in total. The molecule has 26 heavy (non-hydrogen) atoms. The van der Waals surface area contributed by atoms with E-state index in [1.165, 1.54) is 17.4 Å². The molecule has 0 spiro atoms. The summed E-state index contributed by atoms with van der Waals surface area (Å²) in [7, 11) is -3.82. The predicted molar refractivity (Wildman–Crippen MR) is 102 cm³/mol. The van der Waals surface area contributed by atoms with Crippen LogP contribution in [-0.4, -0.2) is 50.5 Å². The fraction of sp³-hybridized carbons (Fsp3) is 0.375. The highest BCUT2D eigenvalue weighted by molar-refractivity contribution is 9.10. The van der Waals surface area contributed by atoms with E-state index in [1.807, 2.05) is 0 Å². The largest absolute Gasteiger partial charge is 0.378 e. The van der Waals surface area contributed by atoms with Crippen LogP contribution in [0, 0.1) is 6.92 Å². The third-order valence-electron chi connectivity index (χ3n) is 4.13. The molecule has 0 saturated carbocycles. The quantitative estimate of drug-likeness (QED) is 0.751. The van der Waals surface area contributed by atoms with Crippen molar-refractivity contribution in [3.8, 4) is 10.6 Å². The van der Waals surface area contributed by atoms with E-state index < -0.39 is 10.0 Å². The highest BCUT2D eigenvalue weighted by atomic mass is 79.9. The van der Waals surface area contributed by atoms with Crippen molar-refractivity contribution in [2.45, 2.75) is 18.2 Å². The molecule has 7 nitrogen and oxygen atoms in total. The van der Waals surface area contributed by atoms with E-state index in [0.29, 0.717) is 42.4 Å². The molecule has 2 heterocycles. The van der Waals surface area contributed by atoms with Gasteiger partial charge in [-0.2, -0.15) is 0 Å². The average molecular weight is 460 g/mol. The number of benzene rings is 1. The van der Waals surface area contributed by atoms with Gasteiger partial charge in [0.05, 0.1) is 24.5 Å². The van der Waals surface area contributed by atoms with E-state index in [1.54, 1.807) is 24.1 Å². The summed E-state index contributed by atoms with van der Waals surface area (Å²) in [6.07, 6.45) is 1.93. The fourth-order valence-corrected chi connectivity index (χ4v) is 5.36. The first kappa shape index (κ1) is 19.4. The number of halogens is 1. The van der Waals surface area contributed by atoms with Crippen molar-refractivity contribution in [2.24, 2.45) is 5.14 Å². The number of nitrogens with two attached hydrogens (primary N) is 1. The maximum atomic E-state index is 12.4. The normalized spacial score (nSPS) is 15.3. The molecule has 1 aromatic heterocycles. The smallest absolute Gasteiger partial charge is 0.238 e. The van der Waals surface area contributed by atoms with Crippen molar-refractivity contribution >= 4 is 43.2 Å². The van der Waals surface area contributed by atoms with Crippen LogP contribution in [0.4, 0.5) is 0 Å². The Morgan fingerprint density at radius 3 is 2.73 bits per heavy atom. The van der Waals surface area contributed by atoms with E-state index in [2.05, 4.69) is 20.9 Å². The Labute approximate surface area is 164 Å². The Kier molecular flexibility index (Phi) is 5.78. The summed E-state index contributed by atoms with van der Waals surface area (Å²) < 4.78 is 29.5. The first-order valence-corrected chi connectivity index (χ1v) is 11.1. The molecule has 2 aromatic rings. The van der Waals surface area contributed by atoms with Crippen molar-refractivity contribution in [3.63, 3.8) is 0 Å². The minimum Gasteiger partial charge on any atom is -0.378 e. The SMILES string of the molecule is Cc1c(S(N)(=O)=O)ccc(Br)c1-c1ncc(CC(=O)N2CCOCC2)s1. The summed E-state index contributed by atoms with van der Waals surface area (Å²) in [5, 5.41) is 5.93. The summed E-state index contributed by atoms with van der Waals surface area (Å²) >= 11 is 4.82. The molecule has 0 unspecified atom stereocenters.